The largest absolute Gasteiger partial charge is 0.444 e. The molecule has 24 heavy (non-hydrogen) atoms. The van der Waals surface area contributed by atoms with Crippen molar-refractivity contribution in [2.45, 2.75) is 51.4 Å². The van der Waals surface area contributed by atoms with Crippen LogP contribution in [-0.2, 0) is 11.3 Å². The van der Waals surface area contributed by atoms with Crippen molar-refractivity contribution in [1.82, 2.24) is 9.80 Å². The first-order valence-corrected chi connectivity index (χ1v) is 8.83. The average Bonchev–Trinajstić information content (AvgIpc) is 2.87. The molecule has 2 saturated heterocycles. The Balaban J connectivity index is 1.68. The number of hydrogen-bond acceptors (Lipinski definition) is 4. The van der Waals surface area contributed by atoms with Gasteiger partial charge < -0.3 is 15.4 Å². The number of nitrogens with zero attached hydrogens (tertiary/aromatic N) is 2. The Morgan fingerprint density at radius 3 is 2.58 bits per heavy atom. The van der Waals surface area contributed by atoms with E-state index in [-0.39, 0.29) is 18.2 Å². The van der Waals surface area contributed by atoms with E-state index in [1.165, 1.54) is 5.56 Å². The lowest BCUT2D eigenvalue weighted by Gasteiger charge is -2.40. The second-order valence-corrected chi connectivity index (χ2v) is 8.14. The van der Waals surface area contributed by atoms with Gasteiger partial charge in [0.1, 0.15) is 5.60 Å². The van der Waals surface area contributed by atoms with E-state index < -0.39 is 5.60 Å². The highest BCUT2D eigenvalue weighted by atomic mass is 16.6. The minimum absolute atomic E-state index is 0.0374. The zero-order chi connectivity index (χ0) is 17.3. The summed E-state index contributed by atoms with van der Waals surface area (Å²) in [6.45, 7) is 9.12. The zero-order valence-corrected chi connectivity index (χ0v) is 14.9. The molecule has 0 bridgehead atoms. The Kier molecular flexibility index (Phi) is 4.83. The fourth-order valence-corrected chi connectivity index (χ4v) is 3.88. The van der Waals surface area contributed by atoms with E-state index in [9.17, 15) is 4.79 Å². The fourth-order valence-electron chi connectivity index (χ4n) is 3.88. The molecular weight excluding hydrogens is 302 g/mol. The van der Waals surface area contributed by atoms with Gasteiger partial charge in [-0.05, 0) is 38.7 Å². The number of piperidine rings is 1. The van der Waals surface area contributed by atoms with Crippen molar-refractivity contribution in [3.8, 4) is 0 Å². The Labute approximate surface area is 144 Å². The molecule has 2 N–H and O–H groups in total. The molecule has 5 heteroatoms. The molecule has 5 nitrogen and oxygen atoms in total. The minimum Gasteiger partial charge on any atom is -0.444 e. The lowest BCUT2D eigenvalue weighted by Crippen LogP contribution is -2.56. The number of ether oxygens (including phenoxy) is 1. The number of rotatable bonds is 2. The molecule has 2 heterocycles. The number of amides is 1. The Bertz CT molecular complexity index is 570. The maximum atomic E-state index is 12.6. The van der Waals surface area contributed by atoms with E-state index in [0.717, 1.165) is 26.1 Å². The van der Waals surface area contributed by atoms with Gasteiger partial charge in [0.05, 0.1) is 6.04 Å². The first-order valence-electron chi connectivity index (χ1n) is 8.83. The number of carbonyl (C=O) groups excluding carboxylic acids is 1. The zero-order valence-electron chi connectivity index (χ0n) is 14.9. The van der Waals surface area contributed by atoms with Crippen LogP contribution in [0.15, 0.2) is 30.3 Å². The van der Waals surface area contributed by atoms with Crippen LogP contribution in [0, 0.1) is 5.92 Å². The van der Waals surface area contributed by atoms with Crippen LogP contribution in [0.25, 0.3) is 0 Å². The van der Waals surface area contributed by atoms with Crippen molar-refractivity contribution < 1.29 is 9.53 Å². The Morgan fingerprint density at radius 2 is 1.92 bits per heavy atom. The SMILES string of the molecule is CC(C)(C)OC(=O)N1C[C@H](N)C[C@@H]2CN(Cc3ccccc3)C[C@@H]21. The van der Waals surface area contributed by atoms with E-state index in [1.54, 1.807) is 0 Å². The topological polar surface area (TPSA) is 58.8 Å². The van der Waals surface area contributed by atoms with Gasteiger partial charge in [-0.2, -0.15) is 0 Å². The van der Waals surface area contributed by atoms with Gasteiger partial charge in [-0.15, -0.1) is 0 Å². The van der Waals surface area contributed by atoms with Crippen molar-refractivity contribution in [3.05, 3.63) is 35.9 Å². The van der Waals surface area contributed by atoms with E-state index >= 15 is 0 Å². The van der Waals surface area contributed by atoms with E-state index in [1.807, 2.05) is 31.7 Å². The molecule has 0 saturated carbocycles. The predicted octanol–water partition coefficient (Wildman–Crippen LogP) is 2.46. The summed E-state index contributed by atoms with van der Waals surface area (Å²) in [5.74, 6) is 0.435. The number of benzene rings is 1. The predicted molar refractivity (Wildman–Crippen MR) is 94.5 cm³/mol. The smallest absolute Gasteiger partial charge is 0.410 e. The molecule has 0 spiro atoms. The number of likely N-dealkylation sites (tertiary alicyclic amines) is 2. The second-order valence-electron chi connectivity index (χ2n) is 8.14. The molecule has 0 aromatic heterocycles. The van der Waals surface area contributed by atoms with Crippen LogP contribution >= 0.6 is 0 Å². The standard InChI is InChI=1S/C19H29N3O2/c1-19(2,3)24-18(23)22-12-16(20)9-15-11-21(13-17(15)22)10-14-7-5-4-6-8-14/h4-8,15-17H,9-13,20H2,1-3H3/t15-,16-,17+/m1/s1. The Morgan fingerprint density at radius 1 is 1.21 bits per heavy atom. The summed E-state index contributed by atoms with van der Waals surface area (Å²) in [5.41, 5.74) is 7.05. The molecule has 1 amide bonds. The summed E-state index contributed by atoms with van der Waals surface area (Å²) >= 11 is 0. The van der Waals surface area contributed by atoms with Crippen LogP contribution in [0.5, 0.6) is 0 Å². The van der Waals surface area contributed by atoms with E-state index in [4.69, 9.17) is 10.5 Å². The second kappa shape index (κ2) is 6.73. The van der Waals surface area contributed by atoms with Crippen molar-refractivity contribution in [2.75, 3.05) is 19.6 Å². The van der Waals surface area contributed by atoms with Crippen molar-refractivity contribution in [3.63, 3.8) is 0 Å². The number of hydrogen-bond donors (Lipinski definition) is 1. The third kappa shape index (κ3) is 4.08. The highest BCUT2D eigenvalue weighted by Crippen LogP contribution is 2.32. The molecule has 0 unspecified atom stereocenters. The summed E-state index contributed by atoms with van der Waals surface area (Å²) in [6.07, 6.45) is 0.754. The van der Waals surface area contributed by atoms with Crippen LogP contribution < -0.4 is 5.73 Å². The van der Waals surface area contributed by atoms with Gasteiger partial charge in [-0.1, -0.05) is 30.3 Å². The third-order valence-electron chi connectivity index (χ3n) is 4.80. The van der Waals surface area contributed by atoms with Gasteiger partial charge in [-0.3, -0.25) is 4.90 Å². The van der Waals surface area contributed by atoms with E-state index in [0.29, 0.717) is 12.5 Å². The quantitative estimate of drug-likeness (QED) is 0.904. The van der Waals surface area contributed by atoms with Crippen molar-refractivity contribution in [1.29, 1.82) is 0 Å². The van der Waals surface area contributed by atoms with Gasteiger partial charge in [-0.25, -0.2) is 4.79 Å². The average molecular weight is 331 g/mol. The van der Waals surface area contributed by atoms with Gasteiger partial charge >= 0.3 is 6.09 Å². The minimum atomic E-state index is -0.476. The van der Waals surface area contributed by atoms with E-state index in [2.05, 4.69) is 29.2 Å². The maximum Gasteiger partial charge on any atom is 0.410 e. The molecule has 0 radical (unpaired) electrons. The molecule has 1 aromatic rings. The lowest BCUT2D eigenvalue weighted by atomic mass is 9.90. The highest BCUT2D eigenvalue weighted by Gasteiger charge is 2.44. The molecular formula is C19H29N3O2. The molecule has 1 aromatic carbocycles. The summed E-state index contributed by atoms with van der Waals surface area (Å²) in [4.78, 5) is 16.9. The summed E-state index contributed by atoms with van der Waals surface area (Å²) in [5, 5.41) is 0. The van der Waals surface area contributed by atoms with Crippen LogP contribution in [0.4, 0.5) is 4.79 Å². The summed E-state index contributed by atoms with van der Waals surface area (Å²) < 4.78 is 5.60. The van der Waals surface area contributed by atoms with Crippen LogP contribution in [0.1, 0.15) is 32.8 Å². The van der Waals surface area contributed by atoms with Gasteiger partial charge in [0.2, 0.25) is 0 Å². The van der Waals surface area contributed by atoms with Crippen molar-refractivity contribution >= 4 is 6.09 Å². The third-order valence-corrected chi connectivity index (χ3v) is 4.80. The Hall–Kier alpha value is -1.59. The number of nitrogens with two attached hydrogens (primary N) is 1. The van der Waals surface area contributed by atoms with Crippen LogP contribution in [0.2, 0.25) is 0 Å². The summed E-state index contributed by atoms with van der Waals surface area (Å²) in [6, 6.07) is 10.7. The van der Waals surface area contributed by atoms with Crippen molar-refractivity contribution in [2.24, 2.45) is 11.7 Å². The molecule has 2 aliphatic heterocycles. The molecule has 3 rings (SSSR count). The monoisotopic (exact) mass is 331 g/mol. The highest BCUT2D eigenvalue weighted by molar-refractivity contribution is 5.69. The fraction of sp³-hybridized carbons (Fsp3) is 0.632. The number of carbonyl (C=O) groups is 1. The van der Waals surface area contributed by atoms with Gasteiger partial charge in [0, 0.05) is 32.2 Å². The molecule has 2 fully saturated rings. The molecule has 132 valence electrons. The van der Waals surface area contributed by atoms with Gasteiger partial charge in [0.15, 0.2) is 0 Å². The summed E-state index contributed by atoms with van der Waals surface area (Å²) in [7, 11) is 0. The maximum absolute atomic E-state index is 12.6. The number of fused-ring (bicyclic) bond motifs is 1. The van der Waals surface area contributed by atoms with Gasteiger partial charge in [0.25, 0.3) is 0 Å². The first-order chi connectivity index (χ1) is 11.3. The lowest BCUT2D eigenvalue weighted by molar-refractivity contribution is 0.00360. The molecule has 0 aliphatic carbocycles. The molecule has 3 atom stereocenters. The first kappa shape index (κ1) is 17.2. The van der Waals surface area contributed by atoms with Crippen LogP contribution in [0.3, 0.4) is 0 Å². The molecule has 2 aliphatic rings. The van der Waals surface area contributed by atoms with Crippen LogP contribution in [-0.4, -0.2) is 53.2 Å². The normalized spacial score (nSPS) is 27.8.